The first-order chi connectivity index (χ1) is 10.4. The molecule has 4 N–H and O–H groups in total. The predicted molar refractivity (Wildman–Crippen MR) is 77.4 cm³/mol. The number of amides is 2. The van der Waals surface area contributed by atoms with Crippen molar-refractivity contribution in [2.45, 2.75) is 30.8 Å². The lowest BCUT2D eigenvalue weighted by Gasteiger charge is -2.09. The second-order valence-corrected chi connectivity index (χ2v) is 6.97. The Balaban J connectivity index is 1.94. The van der Waals surface area contributed by atoms with Crippen LogP contribution in [-0.4, -0.2) is 33.3 Å². The van der Waals surface area contributed by atoms with Crippen molar-refractivity contribution in [1.82, 2.24) is 10.0 Å². The molecule has 0 aliphatic heterocycles. The molecule has 0 spiro atoms. The van der Waals surface area contributed by atoms with Crippen molar-refractivity contribution in [3.63, 3.8) is 0 Å². The normalized spacial score (nSPS) is 15.8. The number of hydrogen-bond donors (Lipinski definition) is 3. The van der Waals surface area contributed by atoms with E-state index in [1.54, 1.807) is 0 Å². The average Bonchev–Trinajstić information content (AvgIpc) is 3.14. The fourth-order valence-corrected chi connectivity index (χ4v) is 3.28. The smallest absolute Gasteiger partial charge is 0.287 e. The van der Waals surface area contributed by atoms with Crippen LogP contribution in [0.15, 0.2) is 21.6 Å². The van der Waals surface area contributed by atoms with Gasteiger partial charge in [0.1, 0.15) is 0 Å². The van der Waals surface area contributed by atoms with Crippen molar-refractivity contribution in [3.8, 4) is 0 Å². The number of rotatable bonds is 7. The molecule has 1 aromatic rings. The van der Waals surface area contributed by atoms with E-state index in [4.69, 9.17) is 10.2 Å². The fourth-order valence-electron chi connectivity index (χ4n) is 2.36. The first-order valence-corrected chi connectivity index (χ1v) is 8.53. The average molecular weight is 329 g/mol. The highest BCUT2D eigenvalue weighted by atomic mass is 32.2. The molecule has 8 nitrogen and oxygen atoms in total. The van der Waals surface area contributed by atoms with Crippen molar-refractivity contribution in [1.29, 1.82) is 0 Å². The number of carbonyl (C=O) groups is 2. The van der Waals surface area contributed by atoms with Crippen LogP contribution in [0.2, 0.25) is 0 Å². The Kier molecular flexibility index (Phi) is 5.19. The van der Waals surface area contributed by atoms with E-state index in [9.17, 15) is 18.0 Å². The molecule has 0 unspecified atom stereocenters. The van der Waals surface area contributed by atoms with Gasteiger partial charge in [0, 0.05) is 6.54 Å². The molecule has 9 heteroatoms. The molecule has 122 valence electrons. The molecule has 0 bridgehead atoms. The number of hydrogen-bond acceptors (Lipinski definition) is 5. The SMILES string of the molecule is NC(=O)CNS(=O)(=O)c1ccc(C(=O)NCC2CCCC2)o1. The third kappa shape index (κ3) is 4.31. The third-order valence-electron chi connectivity index (χ3n) is 3.53. The van der Waals surface area contributed by atoms with Crippen LogP contribution in [0.1, 0.15) is 36.2 Å². The van der Waals surface area contributed by atoms with Gasteiger partial charge in [0.25, 0.3) is 15.9 Å². The Morgan fingerprint density at radius 2 is 1.95 bits per heavy atom. The molecule has 0 saturated heterocycles. The van der Waals surface area contributed by atoms with Gasteiger partial charge in [0.2, 0.25) is 11.0 Å². The zero-order valence-electron chi connectivity index (χ0n) is 12.0. The maximum atomic E-state index is 11.9. The number of nitrogens with two attached hydrogens (primary N) is 1. The molecule has 0 aromatic carbocycles. The molecule has 0 radical (unpaired) electrons. The number of furan rings is 1. The first-order valence-electron chi connectivity index (χ1n) is 7.04. The highest BCUT2D eigenvalue weighted by Crippen LogP contribution is 2.23. The van der Waals surface area contributed by atoms with Crippen LogP contribution in [0.25, 0.3) is 0 Å². The number of primary amides is 1. The van der Waals surface area contributed by atoms with E-state index in [0.717, 1.165) is 18.9 Å². The Hall–Kier alpha value is -1.87. The van der Waals surface area contributed by atoms with Crippen molar-refractivity contribution in [2.24, 2.45) is 11.7 Å². The van der Waals surface area contributed by atoms with Gasteiger partial charge >= 0.3 is 0 Å². The maximum Gasteiger partial charge on any atom is 0.287 e. The van der Waals surface area contributed by atoms with E-state index < -0.39 is 33.5 Å². The summed E-state index contributed by atoms with van der Waals surface area (Å²) < 4.78 is 30.6. The van der Waals surface area contributed by atoms with Crippen molar-refractivity contribution in [3.05, 3.63) is 17.9 Å². The van der Waals surface area contributed by atoms with Crippen LogP contribution in [-0.2, 0) is 14.8 Å². The molecule has 1 aromatic heterocycles. The van der Waals surface area contributed by atoms with Gasteiger partial charge in [-0.2, -0.15) is 4.72 Å². The zero-order valence-corrected chi connectivity index (χ0v) is 12.8. The monoisotopic (exact) mass is 329 g/mol. The van der Waals surface area contributed by atoms with Gasteiger partial charge in [-0.15, -0.1) is 0 Å². The molecule has 1 aliphatic rings. The molecule has 1 aliphatic carbocycles. The molecular formula is C13H19N3O5S. The Labute approximate surface area is 128 Å². The minimum atomic E-state index is -4.00. The lowest BCUT2D eigenvalue weighted by Crippen LogP contribution is -2.33. The van der Waals surface area contributed by atoms with E-state index in [1.165, 1.54) is 18.9 Å². The number of carbonyl (C=O) groups excluding carboxylic acids is 2. The van der Waals surface area contributed by atoms with E-state index in [1.807, 2.05) is 4.72 Å². The van der Waals surface area contributed by atoms with Gasteiger partial charge in [-0.1, -0.05) is 12.8 Å². The largest absolute Gasteiger partial charge is 0.438 e. The first kappa shape index (κ1) is 16.5. The van der Waals surface area contributed by atoms with E-state index in [2.05, 4.69) is 5.32 Å². The summed E-state index contributed by atoms with van der Waals surface area (Å²) in [6.45, 7) is 0.0216. The Bertz CT molecular complexity index is 646. The minimum absolute atomic E-state index is 0.0857. The molecule has 1 fully saturated rings. The summed E-state index contributed by atoms with van der Waals surface area (Å²) in [5, 5.41) is 2.30. The van der Waals surface area contributed by atoms with Crippen LogP contribution in [0.4, 0.5) is 0 Å². The van der Waals surface area contributed by atoms with Gasteiger partial charge in [-0.3, -0.25) is 9.59 Å². The van der Waals surface area contributed by atoms with E-state index >= 15 is 0 Å². The highest BCUT2D eigenvalue weighted by Gasteiger charge is 2.22. The number of nitrogens with one attached hydrogen (secondary N) is 2. The summed E-state index contributed by atoms with van der Waals surface area (Å²) in [7, 11) is -4.00. The van der Waals surface area contributed by atoms with E-state index in [-0.39, 0.29) is 5.76 Å². The lowest BCUT2D eigenvalue weighted by atomic mass is 10.1. The summed E-state index contributed by atoms with van der Waals surface area (Å²) in [6, 6.07) is 2.44. The van der Waals surface area contributed by atoms with Gasteiger partial charge < -0.3 is 15.5 Å². The minimum Gasteiger partial charge on any atom is -0.438 e. The molecule has 2 amide bonds. The summed E-state index contributed by atoms with van der Waals surface area (Å²) >= 11 is 0. The molecule has 2 rings (SSSR count). The summed E-state index contributed by atoms with van der Waals surface area (Å²) in [5.41, 5.74) is 4.87. The lowest BCUT2D eigenvalue weighted by molar-refractivity contribution is -0.116. The van der Waals surface area contributed by atoms with Crippen LogP contribution in [0.3, 0.4) is 0 Å². The van der Waals surface area contributed by atoms with Crippen LogP contribution in [0, 0.1) is 5.92 Å². The molecule has 22 heavy (non-hydrogen) atoms. The summed E-state index contributed by atoms with van der Waals surface area (Å²) in [5.74, 6) is -0.885. The summed E-state index contributed by atoms with van der Waals surface area (Å²) in [4.78, 5) is 22.5. The van der Waals surface area contributed by atoms with Crippen molar-refractivity contribution >= 4 is 21.8 Å². The Morgan fingerprint density at radius 1 is 1.27 bits per heavy atom. The fraction of sp³-hybridized carbons (Fsp3) is 0.538. The van der Waals surface area contributed by atoms with Gasteiger partial charge in [0.15, 0.2) is 5.76 Å². The van der Waals surface area contributed by atoms with Crippen molar-refractivity contribution < 1.29 is 22.4 Å². The second kappa shape index (κ2) is 6.93. The second-order valence-electron chi connectivity index (χ2n) is 5.27. The van der Waals surface area contributed by atoms with Crippen molar-refractivity contribution in [2.75, 3.05) is 13.1 Å². The number of sulfonamides is 1. The van der Waals surface area contributed by atoms with Gasteiger partial charge in [0.05, 0.1) is 6.54 Å². The van der Waals surface area contributed by atoms with Crippen LogP contribution >= 0.6 is 0 Å². The molecule has 1 heterocycles. The third-order valence-corrected chi connectivity index (χ3v) is 4.81. The standard InChI is InChI=1S/C13H19N3O5S/c14-11(17)8-16-22(19,20)12-6-5-10(21-12)13(18)15-7-9-3-1-2-4-9/h5-6,9,16H,1-4,7-8H2,(H2,14,17)(H,15,18). The highest BCUT2D eigenvalue weighted by molar-refractivity contribution is 7.89. The van der Waals surface area contributed by atoms with Gasteiger partial charge in [-0.05, 0) is 30.9 Å². The van der Waals surface area contributed by atoms with Gasteiger partial charge in [-0.25, -0.2) is 8.42 Å². The van der Waals surface area contributed by atoms with Crippen LogP contribution in [0.5, 0.6) is 0 Å². The maximum absolute atomic E-state index is 11.9. The summed E-state index contributed by atoms with van der Waals surface area (Å²) in [6.07, 6.45) is 4.54. The predicted octanol–water partition coefficient (Wildman–Crippen LogP) is -0.0368. The van der Waals surface area contributed by atoms with E-state index in [0.29, 0.717) is 12.5 Å². The zero-order chi connectivity index (χ0) is 16.2. The molecule has 0 atom stereocenters. The van der Waals surface area contributed by atoms with Crippen LogP contribution < -0.4 is 15.8 Å². The molecular weight excluding hydrogens is 310 g/mol. The Morgan fingerprint density at radius 3 is 2.59 bits per heavy atom. The topological polar surface area (TPSA) is 132 Å². The molecule has 1 saturated carbocycles. The quantitative estimate of drug-likeness (QED) is 0.646.